The van der Waals surface area contributed by atoms with E-state index in [1.807, 2.05) is 48.5 Å². The van der Waals surface area contributed by atoms with Gasteiger partial charge in [0.2, 0.25) is 11.8 Å². The predicted molar refractivity (Wildman–Crippen MR) is 95.0 cm³/mol. The summed E-state index contributed by atoms with van der Waals surface area (Å²) in [6.45, 7) is 1.01. The number of carbonyl (C=O) groups excluding carboxylic acids is 2. The summed E-state index contributed by atoms with van der Waals surface area (Å²) in [4.78, 5) is 23.5. The van der Waals surface area contributed by atoms with E-state index in [1.165, 1.54) is 0 Å². The van der Waals surface area contributed by atoms with E-state index in [0.717, 1.165) is 11.3 Å². The third kappa shape index (κ3) is 4.06. The van der Waals surface area contributed by atoms with Gasteiger partial charge in [-0.05, 0) is 29.8 Å². The Balaban J connectivity index is 1.65. The minimum Gasteiger partial charge on any atom is -0.379 e. The monoisotopic (exact) mass is 343 g/mol. The van der Waals surface area contributed by atoms with Crippen molar-refractivity contribution in [2.24, 2.45) is 5.92 Å². The third-order valence-corrected chi connectivity index (χ3v) is 4.18. The molecule has 1 saturated heterocycles. The van der Waals surface area contributed by atoms with Crippen molar-refractivity contribution >= 4 is 34.8 Å². The Bertz CT molecular complexity index is 746. The fourth-order valence-electron chi connectivity index (χ4n) is 2.57. The van der Waals surface area contributed by atoms with E-state index in [4.69, 9.17) is 11.6 Å². The van der Waals surface area contributed by atoms with Crippen LogP contribution in [-0.2, 0) is 16.1 Å². The van der Waals surface area contributed by atoms with Crippen molar-refractivity contribution in [3.8, 4) is 0 Å². The Morgan fingerprint density at radius 1 is 1.12 bits per heavy atom. The van der Waals surface area contributed by atoms with Gasteiger partial charge in [-0.3, -0.25) is 9.59 Å². The fraction of sp³-hybridized carbons (Fsp3) is 0.222. The topological polar surface area (TPSA) is 70.2 Å². The SMILES string of the molecule is O=C1C[C@H](C(=O)Nc2ccccc2NCc2ccc(Cl)cc2)CN1. The summed E-state index contributed by atoms with van der Waals surface area (Å²) in [5, 5.41) is 9.59. The van der Waals surface area contributed by atoms with Crippen LogP contribution in [0.15, 0.2) is 48.5 Å². The van der Waals surface area contributed by atoms with Crippen LogP contribution in [-0.4, -0.2) is 18.4 Å². The zero-order valence-electron chi connectivity index (χ0n) is 13.0. The molecule has 0 aromatic heterocycles. The summed E-state index contributed by atoms with van der Waals surface area (Å²) in [6.07, 6.45) is 0.242. The maximum Gasteiger partial charge on any atom is 0.229 e. The molecule has 0 saturated carbocycles. The molecule has 1 aliphatic heterocycles. The lowest BCUT2D eigenvalue weighted by atomic mass is 10.1. The second-order valence-corrected chi connectivity index (χ2v) is 6.16. The van der Waals surface area contributed by atoms with Gasteiger partial charge in [0.15, 0.2) is 0 Å². The molecule has 6 heteroatoms. The molecule has 2 aromatic carbocycles. The van der Waals surface area contributed by atoms with Gasteiger partial charge in [0, 0.05) is 24.5 Å². The summed E-state index contributed by atoms with van der Waals surface area (Å²) in [5.74, 6) is -0.541. The highest BCUT2D eigenvalue weighted by molar-refractivity contribution is 6.30. The van der Waals surface area contributed by atoms with Gasteiger partial charge in [-0.15, -0.1) is 0 Å². The maximum atomic E-state index is 12.3. The zero-order valence-corrected chi connectivity index (χ0v) is 13.8. The van der Waals surface area contributed by atoms with E-state index < -0.39 is 0 Å². The van der Waals surface area contributed by atoms with Crippen molar-refractivity contribution in [1.82, 2.24) is 5.32 Å². The molecule has 1 fully saturated rings. The molecule has 24 heavy (non-hydrogen) atoms. The number of rotatable bonds is 5. The second-order valence-electron chi connectivity index (χ2n) is 5.72. The normalized spacial score (nSPS) is 16.5. The van der Waals surface area contributed by atoms with E-state index >= 15 is 0 Å². The summed E-state index contributed by atoms with van der Waals surface area (Å²) < 4.78 is 0. The molecule has 0 spiro atoms. The van der Waals surface area contributed by atoms with Gasteiger partial charge in [-0.25, -0.2) is 0 Å². The van der Waals surface area contributed by atoms with Crippen molar-refractivity contribution in [2.75, 3.05) is 17.2 Å². The van der Waals surface area contributed by atoms with Crippen LogP contribution in [0.1, 0.15) is 12.0 Å². The van der Waals surface area contributed by atoms with Gasteiger partial charge in [0.05, 0.1) is 17.3 Å². The largest absolute Gasteiger partial charge is 0.379 e. The summed E-state index contributed by atoms with van der Waals surface area (Å²) in [7, 11) is 0. The lowest BCUT2D eigenvalue weighted by Gasteiger charge is -2.15. The summed E-state index contributed by atoms with van der Waals surface area (Å²) in [6, 6.07) is 15.1. The van der Waals surface area contributed by atoms with Crippen LogP contribution in [0.25, 0.3) is 0 Å². The number of nitrogens with one attached hydrogen (secondary N) is 3. The van der Waals surface area contributed by atoms with E-state index in [9.17, 15) is 9.59 Å². The van der Waals surface area contributed by atoms with E-state index in [0.29, 0.717) is 23.8 Å². The molecular weight excluding hydrogens is 326 g/mol. The number of hydrogen-bond donors (Lipinski definition) is 3. The average molecular weight is 344 g/mol. The number of hydrogen-bond acceptors (Lipinski definition) is 3. The van der Waals surface area contributed by atoms with Crippen molar-refractivity contribution in [1.29, 1.82) is 0 Å². The number of carbonyl (C=O) groups is 2. The summed E-state index contributed by atoms with van der Waals surface area (Å²) in [5.41, 5.74) is 2.63. The van der Waals surface area contributed by atoms with Crippen LogP contribution in [0.2, 0.25) is 5.02 Å². The fourth-order valence-corrected chi connectivity index (χ4v) is 2.70. The standard InChI is InChI=1S/C18H18ClN3O2/c19-14-7-5-12(6-8-14)10-20-15-3-1-2-4-16(15)22-18(24)13-9-17(23)21-11-13/h1-8,13,20H,9-11H2,(H,21,23)(H,22,24)/t13-/m0/s1. The molecule has 2 aromatic rings. The Morgan fingerprint density at radius 3 is 2.50 bits per heavy atom. The molecular formula is C18H18ClN3O2. The molecule has 5 nitrogen and oxygen atoms in total. The van der Waals surface area contributed by atoms with Crippen LogP contribution in [0, 0.1) is 5.92 Å². The van der Waals surface area contributed by atoms with Gasteiger partial charge < -0.3 is 16.0 Å². The van der Waals surface area contributed by atoms with Crippen molar-refractivity contribution in [3.05, 3.63) is 59.1 Å². The van der Waals surface area contributed by atoms with Gasteiger partial charge in [-0.2, -0.15) is 0 Å². The average Bonchev–Trinajstić information content (AvgIpc) is 3.02. The number of amides is 2. The van der Waals surface area contributed by atoms with Gasteiger partial charge in [0.25, 0.3) is 0 Å². The van der Waals surface area contributed by atoms with E-state index in [-0.39, 0.29) is 24.2 Å². The minimum atomic E-state index is -0.318. The van der Waals surface area contributed by atoms with Crippen molar-refractivity contribution < 1.29 is 9.59 Å². The van der Waals surface area contributed by atoms with Crippen LogP contribution < -0.4 is 16.0 Å². The van der Waals surface area contributed by atoms with Crippen LogP contribution in [0.4, 0.5) is 11.4 Å². The van der Waals surface area contributed by atoms with Crippen molar-refractivity contribution in [3.63, 3.8) is 0 Å². The Morgan fingerprint density at radius 2 is 1.83 bits per heavy atom. The van der Waals surface area contributed by atoms with Gasteiger partial charge in [0.1, 0.15) is 0 Å². The highest BCUT2D eigenvalue weighted by atomic mass is 35.5. The van der Waals surface area contributed by atoms with E-state index in [1.54, 1.807) is 0 Å². The molecule has 3 rings (SSSR count). The molecule has 3 N–H and O–H groups in total. The second kappa shape index (κ2) is 7.36. The Hall–Kier alpha value is -2.53. The number of benzene rings is 2. The lowest BCUT2D eigenvalue weighted by Crippen LogP contribution is -2.25. The molecule has 2 amide bonds. The molecule has 1 aliphatic rings. The van der Waals surface area contributed by atoms with Gasteiger partial charge in [-0.1, -0.05) is 35.9 Å². The minimum absolute atomic E-state index is 0.0794. The number of halogens is 1. The molecule has 0 bridgehead atoms. The smallest absolute Gasteiger partial charge is 0.229 e. The number of para-hydroxylation sites is 2. The molecule has 0 unspecified atom stereocenters. The third-order valence-electron chi connectivity index (χ3n) is 3.93. The number of anilines is 2. The highest BCUT2D eigenvalue weighted by Crippen LogP contribution is 2.23. The van der Waals surface area contributed by atoms with Crippen molar-refractivity contribution in [2.45, 2.75) is 13.0 Å². The van der Waals surface area contributed by atoms with E-state index in [2.05, 4.69) is 16.0 Å². The maximum absolute atomic E-state index is 12.3. The molecule has 1 atom stereocenters. The van der Waals surface area contributed by atoms with Gasteiger partial charge >= 0.3 is 0 Å². The van der Waals surface area contributed by atoms with Crippen LogP contribution in [0.5, 0.6) is 0 Å². The summed E-state index contributed by atoms with van der Waals surface area (Å²) >= 11 is 5.89. The molecule has 1 heterocycles. The first-order chi connectivity index (χ1) is 11.6. The highest BCUT2D eigenvalue weighted by Gasteiger charge is 2.28. The Kier molecular flexibility index (Phi) is 5.01. The molecule has 124 valence electrons. The predicted octanol–water partition coefficient (Wildman–Crippen LogP) is 3.03. The van der Waals surface area contributed by atoms with Crippen LogP contribution >= 0.6 is 11.6 Å². The first kappa shape index (κ1) is 16.3. The first-order valence-electron chi connectivity index (χ1n) is 7.77. The first-order valence-corrected chi connectivity index (χ1v) is 8.14. The molecule has 0 aliphatic carbocycles. The zero-order chi connectivity index (χ0) is 16.9. The van der Waals surface area contributed by atoms with Crippen LogP contribution in [0.3, 0.4) is 0 Å². The molecule has 0 radical (unpaired) electrons. The Labute approximate surface area is 145 Å². The quantitative estimate of drug-likeness (QED) is 0.781. The lowest BCUT2D eigenvalue weighted by molar-refractivity contribution is -0.123.